The molecule has 2 nitrogen and oxygen atoms in total. The predicted octanol–water partition coefficient (Wildman–Crippen LogP) is 6.92. The van der Waals surface area contributed by atoms with Gasteiger partial charge in [-0.1, -0.05) is 0 Å². The Morgan fingerprint density at radius 1 is 0.966 bits per heavy atom. The van der Waals surface area contributed by atoms with Crippen molar-refractivity contribution >= 4 is 38.0 Å². The number of unbranched alkanes of at least 4 members (excludes halogenated alkanes) is 3. The fraction of sp³-hybridized carbons (Fsp3) is 0.591. The number of hydrogen-bond donors (Lipinski definition) is 2. The van der Waals surface area contributed by atoms with Crippen molar-refractivity contribution in [3.63, 3.8) is 0 Å². The second kappa shape index (κ2) is 11.1. The van der Waals surface area contributed by atoms with Crippen molar-refractivity contribution in [1.29, 1.82) is 0 Å². The molecule has 1 unspecified atom stereocenters. The van der Waals surface area contributed by atoms with Crippen LogP contribution in [0.2, 0.25) is 13.3 Å². The first-order chi connectivity index (χ1) is 13.8. The van der Waals surface area contributed by atoms with E-state index in [2.05, 4.69) is 25.8 Å². The van der Waals surface area contributed by atoms with Gasteiger partial charge < -0.3 is 0 Å². The average Bonchev–Trinajstić information content (AvgIpc) is 3.12. The normalized spacial score (nSPS) is 18.3. The quantitative estimate of drug-likeness (QED) is 0.234. The standard InChI is InChI=1S/C10H8F3N2S.3C4H9.Sn/c11-10(12,13)7-2-1-3-8(6-7)16-5-4-15-9(16)14;3*1-3-4-2;/h1,3-6,16H,(H2,14,15);3*1,3-4H2,2H3;. The molecule has 7 heteroatoms. The average molecular weight is 535 g/mol. The third kappa shape index (κ3) is 6.18. The van der Waals surface area contributed by atoms with Gasteiger partial charge in [-0.3, -0.25) is 0 Å². The Labute approximate surface area is 180 Å². The van der Waals surface area contributed by atoms with E-state index < -0.39 is 35.4 Å². The number of halogens is 3. The Hall–Kier alpha value is -0.631. The molecule has 0 fully saturated rings. The Morgan fingerprint density at radius 2 is 1.52 bits per heavy atom. The van der Waals surface area contributed by atoms with Crippen molar-refractivity contribution in [1.82, 2.24) is 0 Å². The Morgan fingerprint density at radius 3 is 1.93 bits per heavy atom. The van der Waals surface area contributed by atoms with Gasteiger partial charge >= 0.3 is 181 Å². The summed E-state index contributed by atoms with van der Waals surface area (Å²) in [6, 6.07) is 5.15. The molecular formula is C22H35F3N2SSn. The van der Waals surface area contributed by atoms with Crippen molar-refractivity contribution < 1.29 is 13.2 Å². The number of thiol groups is 1. The third-order valence-corrected chi connectivity index (χ3v) is 23.5. The zero-order chi connectivity index (χ0) is 21.5. The van der Waals surface area contributed by atoms with Gasteiger partial charge in [0.1, 0.15) is 0 Å². The van der Waals surface area contributed by atoms with Crippen molar-refractivity contribution in [2.45, 2.75) is 83.7 Å². The van der Waals surface area contributed by atoms with Crippen molar-refractivity contribution in [2.75, 3.05) is 0 Å². The van der Waals surface area contributed by atoms with E-state index in [-0.39, 0.29) is 5.56 Å². The van der Waals surface area contributed by atoms with Gasteiger partial charge in [-0.15, -0.1) is 0 Å². The van der Waals surface area contributed by atoms with E-state index in [0.29, 0.717) is 13.6 Å². The molecule has 1 aliphatic rings. The molecule has 0 saturated heterocycles. The number of hydrogen-bond acceptors (Lipinski definition) is 2. The van der Waals surface area contributed by atoms with Gasteiger partial charge in [0.25, 0.3) is 0 Å². The van der Waals surface area contributed by atoms with Crippen LogP contribution in [0.4, 0.5) is 13.2 Å². The van der Waals surface area contributed by atoms with Crippen molar-refractivity contribution in [3.8, 4) is 0 Å². The summed E-state index contributed by atoms with van der Waals surface area (Å²) < 4.78 is 46.6. The van der Waals surface area contributed by atoms with E-state index in [4.69, 9.17) is 5.73 Å². The summed E-state index contributed by atoms with van der Waals surface area (Å²) in [7, 11) is -1.08. The predicted molar refractivity (Wildman–Crippen MR) is 124 cm³/mol. The summed E-state index contributed by atoms with van der Waals surface area (Å²) in [5, 5.41) is 2.26. The SMILES string of the molecule is CCC[CH2][Sn]([CH2]CCC)([CH2]CCC)[c]1ccc([SH]2C=CN=C2N)cc1C(F)(F)F. The number of alkyl halides is 3. The van der Waals surface area contributed by atoms with Crippen LogP contribution in [0.15, 0.2) is 39.7 Å². The number of nitrogens with zero attached hydrogens (tertiary/aromatic N) is 1. The van der Waals surface area contributed by atoms with Gasteiger partial charge in [-0.05, 0) is 0 Å². The minimum atomic E-state index is -4.33. The molecule has 1 heterocycles. The van der Waals surface area contributed by atoms with Crippen LogP contribution in [-0.2, 0) is 6.18 Å². The summed E-state index contributed by atoms with van der Waals surface area (Å²) in [4.78, 5) is 4.71. The van der Waals surface area contributed by atoms with E-state index >= 15 is 0 Å². The van der Waals surface area contributed by atoms with E-state index in [1.807, 2.05) is 17.5 Å². The molecule has 0 amide bonds. The molecule has 2 rings (SSSR count). The summed E-state index contributed by atoms with van der Waals surface area (Å²) in [6.45, 7) is 6.42. The first kappa shape index (κ1) is 24.6. The Bertz CT molecular complexity index is 709. The minimum absolute atomic E-state index is 0.385. The number of benzene rings is 1. The van der Waals surface area contributed by atoms with Crippen LogP contribution in [0, 0.1) is 0 Å². The molecule has 164 valence electrons. The summed E-state index contributed by atoms with van der Waals surface area (Å²) in [5.74, 6) is 0. The second-order valence-corrected chi connectivity index (χ2v) is 23.1. The molecule has 0 saturated carbocycles. The van der Waals surface area contributed by atoms with E-state index in [1.165, 1.54) is 6.07 Å². The molecule has 0 bridgehead atoms. The summed E-state index contributed by atoms with van der Waals surface area (Å²) >= 11 is -3.21. The van der Waals surface area contributed by atoms with Crippen molar-refractivity contribution in [2.24, 2.45) is 10.7 Å². The maximum absolute atomic E-state index is 14.3. The fourth-order valence-electron chi connectivity index (χ4n) is 4.24. The monoisotopic (exact) mass is 536 g/mol. The van der Waals surface area contributed by atoms with Crippen LogP contribution in [-0.4, -0.2) is 23.5 Å². The van der Waals surface area contributed by atoms with Crippen LogP contribution in [0.25, 0.3) is 0 Å². The molecule has 29 heavy (non-hydrogen) atoms. The zero-order valence-electron chi connectivity index (χ0n) is 17.9. The Kier molecular flexibility index (Phi) is 9.45. The molecule has 1 aromatic carbocycles. The third-order valence-electron chi connectivity index (χ3n) is 5.85. The first-order valence-corrected chi connectivity index (χ1v) is 19.7. The number of nitrogens with two attached hydrogens (primary N) is 1. The molecule has 1 aromatic rings. The molecule has 0 radical (unpaired) electrons. The molecular weight excluding hydrogens is 500 g/mol. The van der Waals surface area contributed by atoms with E-state index in [9.17, 15) is 13.2 Å². The topological polar surface area (TPSA) is 38.4 Å². The molecule has 0 aromatic heterocycles. The molecule has 0 aliphatic carbocycles. The molecule has 2 N–H and O–H groups in total. The van der Waals surface area contributed by atoms with E-state index in [1.54, 1.807) is 6.20 Å². The molecule has 1 aliphatic heterocycles. The summed E-state index contributed by atoms with van der Waals surface area (Å²) in [5.41, 5.74) is 5.55. The summed E-state index contributed by atoms with van der Waals surface area (Å²) in [6.07, 6.45) is 3.52. The Balaban J connectivity index is 2.60. The number of rotatable bonds is 11. The first-order valence-electron chi connectivity index (χ1n) is 10.8. The zero-order valence-corrected chi connectivity index (χ0v) is 21.6. The number of amidine groups is 1. The van der Waals surface area contributed by atoms with Crippen LogP contribution in [0.1, 0.15) is 64.9 Å². The van der Waals surface area contributed by atoms with E-state index in [0.717, 1.165) is 51.8 Å². The van der Waals surface area contributed by atoms with Crippen LogP contribution >= 0.6 is 10.9 Å². The van der Waals surface area contributed by atoms with Gasteiger partial charge in [0.05, 0.1) is 0 Å². The van der Waals surface area contributed by atoms with Crippen LogP contribution in [0.5, 0.6) is 0 Å². The second-order valence-electron chi connectivity index (χ2n) is 7.97. The maximum atomic E-state index is 14.3. The van der Waals surface area contributed by atoms with Gasteiger partial charge in [0.2, 0.25) is 0 Å². The molecule has 1 atom stereocenters. The fourth-order valence-corrected chi connectivity index (χ4v) is 22.5. The van der Waals surface area contributed by atoms with Gasteiger partial charge in [0, 0.05) is 0 Å². The van der Waals surface area contributed by atoms with Gasteiger partial charge in [0.15, 0.2) is 0 Å². The van der Waals surface area contributed by atoms with Crippen LogP contribution in [0.3, 0.4) is 0 Å². The van der Waals surface area contributed by atoms with Crippen molar-refractivity contribution in [3.05, 3.63) is 35.4 Å². The number of aliphatic imine (C=N–C) groups is 1. The van der Waals surface area contributed by atoms with Gasteiger partial charge in [-0.25, -0.2) is 0 Å². The van der Waals surface area contributed by atoms with Crippen LogP contribution < -0.4 is 9.31 Å². The molecule has 0 spiro atoms. The van der Waals surface area contributed by atoms with Gasteiger partial charge in [-0.2, -0.15) is 0 Å².